The van der Waals surface area contributed by atoms with Gasteiger partial charge < -0.3 is 10.1 Å². The first kappa shape index (κ1) is 14.8. The van der Waals surface area contributed by atoms with Crippen LogP contribution in [0.1, 0.15) is 44.2 Å². The van der Waals surface area contributed by atoms with Gasteiger partial charge in [0, 0.05) is 6.61 Å². The average molecular weight is 273 g/mol. The topological polar surface area (TPSA) is 38.3 Å². The molecular formula is C17H23NO2. The highest BCUT2D eigenvalue weighted by Crippen LogP contribution is 2.18. The molecule has 0 spiro atoms. The van der Waals surface area contributed by atoms with Crippen molar-refractivity contribution in [2.75, 3.05) is 6.61 Å². The number of carbonyl (C=O) groups excluding carboxylic acids is 1. The Morgan fingerprint density at radius 3 is 2.90 bits per heavy atom. The SMILES string of the molecule is CC/C=C/C(NC(=O)CC1CCCO1)c1ccccc1. The highest BCUT2D eigenvalue weighted by molar-refractivity contribution is 5.77. The summed E-state index contributed by atoms with van der Waals surface area (Å²) in [6.07, 6.45) is 7.73. The third-order valence-corrected chi connectivity index (χ3v) is 3.48. The molecule has 2 rings (SSSR count). The average Bonchev–Trinajstić information content (AvgIpc) is 2.97. The molecular weight excluding hydrogens is 250 g/mol. The van der Waals surface area contributed by atoms with Crippen LogP contribution in [0.5, 0.6) is 0 Å². The van der Waals surface area contributed by atoms with Crippen LogP contribution in [0.3, 0.4) is 0 Å². The third-order valence-electron chi connectivity index (χ3n) is 3.48. The summed E-state index contributed by atoms with van der Waals surface area (Å²) in [4.78, 5) is 12.1. The van der Waals surface area contributed by atoms with Crippen LogP contribution in [-0.4, -0.2) is 18.6 Å². The summed E-state index contributed by atoms with van der Waals surface area (Å²) >= 11 is 0. The van der Waals surface area contributed by atoms with Crippen LogP contribution in [0.2, 0.25) is 0 Å². The maximum atomic E-state index is 12.1. The number of carbonyl (C=O) groups is 1. The van der Waals surface area contributed by atoms with Gasteiger partial charge in [0.25, 0.3) is 0 Å². The minimum atomic E-state index is -0.0509. The molecule has 0 saturated carbocycles. The monoisotopic (exact) mass is 273 g/mol. The van der Waals surface area contributed by atoms with Gasteiger partial charge in [0.2, 0.25) is 5.91 Å². The van der Waals surface area contributed by atoms with E-state index >= 15 is 0 Å². The Labute approximate surface area is 121 Å². The van der Waals surface area contributed by atoms with Crippen molar-refractivity contribution in [3.05, 3.63) is 48.0 Å². The first-order valence-corrected chi connectivity index (χ1v) is 7.42. The van der Waals surface area contributed by atoms with Gasteiger partial charge in [-0.3, -0.25) is 4.79 Å². The number of ether oxygens (including phenoxy) is 1. The molecule has 1 fully saturated rings. The minimum Gasteiger partial charge on any atom is -0.378 e. The first-order chi connectivity index (χ1) is 9.79. The second-order valence-corrected chi connectivity index (χ2v) is 5.13. The molecule has 2 unspecified atom stereocenters. The summed E-state index contributed by atoms with van der Waals surface area (Å²) in [5.74, 6) is 0.0616. The van der Waals surface area contributed by atoms with E-state index in [4.69, 9.17) is 4.74 Å². The first-order valence-electron chi connectivity index (χ1n) is 7.42. The van der Waals surface area contributed by atoms with E-state index < -0.39 is 0 Å². The predicted octanol–water partition coefficient (Wildman–Crippen LogP) is 3.38. The van der Waals surface area contributed by atoms with Gasteiger partial charge in [-0.25, -0.2) is 0 Å². The molecule has 20 heavy (non-hydrogen) atoms. The zero-order valence-electron chi connectivity index (χ0n) is 12.0. The number of rotatable bonds is 6. The van der Waals surface area contributed by atoms with Gasteiger partial charge in [0.05, 0.1) is 18.6 Å². The molecule has 0 aromatic heterocycles. The summed E-state index contributed by atoms with van der Waals surface area (Å²) in [6, 6.07) is 10.00. The molecule has 1 aliphatic heterocycles. The fourth-order valence-corrected chi connectivity index (χ4v) is 2.42. The van der Waals surface area contributed by atoms with E-state index in [2.05, 4.69) is 24.4 Å². The molecule has 3 nitrogen and oxygen atoms in total. The summed E-state index contributed by atoms with van der Waals surface area (Å²) in [5, 5.41) is 3.09. The lowest BCUT2D eigenvalue weighted by atomic mass is 10.1. The van der Waals surface area contributed by atoms with Crippen LogP contribution >= 0.6 is 0 Å². The van der Waals surface area contributed by atoms with E-state index in [9.17, 15) is 4.79 Å². The normalized spacial score (nSPS) is 20.1. The zero-order chi connectivity index (χ0) is 14.2. The zero-order valence-corrected chi connectivity index (χ0v) is 12.0. The molecule has 2 atom stereocenters. The molecule has 0 aliphatic carbocycles. The Morgan fingerprint density at radius 1 is 1.45 bits per heavy atom. The highest BCUT2D eigenvalue weighted by Gasteiger charge is 2.20. The van der Waals surface area contributed by atoms with Crippen LogP contribution in [0, 0.1) is 0 Å². The lowest BCUT2D eigenvalue weighted by molar-refractivity contribution is -0.123. The van der Waals surface area contributed by atoms with Crippen molar-refractivity contribution in [1.29, 1.82) is 0 Å². The van der Waals surface area contributed by atoms with Gasteiger partial charge in [-0.1, -0.05) is 49.4 Å². The third kappa shape index (κ3) is 4.49. The van der Waals surface area contributed by atoms with Gasteiger partial charge in [-0.05, 0) is 24.8 Å². The molecule has 1 heterocycles. The van der Waals surface area contributed by atoms with E-state index in [1.165, 1.54) is 0 Å². The van der Waals surface area contributed by atoms with Crippen molar-refractivity contribution in [3.63, 3.8) is 0 Å². The Morgan fingerprint density at radius 2 is 2.25 bits per heavy atom. The molecule has 108 valence electrons. The quantitative estimate of drug-likeness (QED) is 0.807. The minimum absolute atomic E-state index is 0.0509. The number of nitrogens with one attached hydrogen (secondary N) is 1. The molecule has 1 saturated heterocycles. The van der Waals surface area contributed by atoms with E-state index in [1.807, 2.05) is 30.3 Å². The van der Waals surface area contributed by atoms with Gasteiger partial charge >= 0.3 is 0 Å². The van der Waals surface area contributed by atoms with Crippen molar-refractivity contribution >= 4 is 5.91 Å². The summed E-state index contributed by atoms with van der Waals surface area (Å²) < 4.78 is 5.51. The number of hydrogen-bond acceptors (Lipinski definition) is 2. The standard InChI is InChI=1S/C17H23NO2/c1-2-3-11-16(14-8-5-4-6-9-14)18-17(19)13-15-10-7-12-20-15/h3-6,8-9,11,15-16H,2,7,10,12-13H2,1H3,(H,18,19)/b11-3+. The van der Waals surface area contributed by atoms with Crippen LogP contribution in [0.4, 0.5) is 0 Å². The van der Waals surface area contributed by atoms with E-state index in [0.717, 1.165) is 31.4 Å². The number of benzene rings is 1. The fraction of sp³-hybridized carbons (Fsp3) is 0.471. The molecule has 1 aromatic rings. The fourth-order valence-electron chi connectivity index (χ4n) is 2.42. The van der Waals surface area contributed by atoms with Gasteiger partial charge in [0.1, 0.15) is 0 Å². The Hall–Kier alpha value is -1.61. The van der Waals surface area contributed by atoms with Crippen LogP contribution in [0.25, 0.3) is 0 Å². The van der Waals surface area contributed by atoms with Gasteiger partial charge in [0.15, 0.2) is 0 Å². The van der Waals surface area contributed by atoms with Gasteiger partial charge in [-0.2, -0.15) is 0 Å². The van der Waals surface area contributed by atoms with E-state index in [-0.39, 0.29) is 18.1 Å². The number of allylic oxidation sites excluding steroid dienone is 1. The second-order valence-electron chi connectivity index (χ2n) is 5.13. The molecule has 0 radical (unpaired) electrons. The molecule has 1 aromatic carbocycles. The van der Waals surface area contributed by atoms with E-state index in [1.54, 1.807) is 0 Å². The highest BCUT2D eigenvalue weighted by atomic mass is 16.5. The maximum Gasteiger partial charge on any atom is 0.223 e. The van der Waals surface area contributed by atoms with Crippen LogP contribution in [-0.2, 0) is 9.53 Å². The molecule has 3 heteroatoms. The molecule has 1 aliphatic rings. The summed E-state index contributed by atoms with van der Waals surface area (Å²) in [5.41, 5.74) is 1.11. The van der Waals surface area contributed by atoms with Crippen molar-refractivity contribution in [2.24, 2.45) is 0 Å². The van der Waals surface area contributed by atoms with Crippen LogP contribution < -0.4 is 5.32 Å². The number of hydrogen-bond donors (Lipinski definition) is 1. The Kier molecular flexibility index (Phi) is 5.81. The second kappa shape index (κ2) is 7.85. The van der Waals surface area contributed by atoms with E-state index in [0.29, 0.717) is 6.42 Å². The van der Waals surface area contributed by atoms with Crippen molar-refractivity contribution in [2.45, 2.75) is 44.8 Å². The smallest absolute Gasteiger partial charge is 0.223 e. The van der Waals surface area contributed by atoms with Crippen molar-refractivity contribution in [1.82, 2.24) is 5.32 Å². The molecule has 0 bridgehead atoms. The molecule has 1 N–H and O–H groups in total. The summed E-state index contributed by atoms with van der Waals surface area (Å²) in [6.45, 7) is 2.88. The largest absolute Gasteiger partial charge is 0.378 e. The van der Waals surface area contributed by atoms with Crippen LogP contribution in [0.15, 0.2) is 42.5 Å². The summed E-state index contributed by atoms with van der Waals surface area (Å²) in [7, 11) is 0. The maximum absolute atomic E-state index is 12.1. The van der Waals surface area contributed by atoms with Crippen molar-refractivity contribution < 1.29 is 9.53 Å². The molecule has 1 amide bonds. The lowest BCUT2D eigenvalue weighted by Gasteiger charge is -2.17. The Bertz CT molecular complexity index is 436. The number of amides is 1. The lowest BCUT2D eigenvalue weighted by Crippen LogP contribution is -2.30. The predicted molar refractivity (Wildman–Crippen MR) is 80.3 cm³/mol. The van der Waals surface area contributed by atoms with Gasteiger partial charge in [-0.15, -0.1) is 0 Å². The Balaban J connectivity index is 1.96. The van der Waals surface area contributed by atoms with Crippen molar-refractivity contribution in [3.8, 4) is 0 Å².